The van der Waals surface area contributed by atoms with E-state index in [2.05, 4.69) is 34.7 Å². The van der Waals surface area contributed by atoms with Gasteiger partial charge in [-0.3, -0.25) is 4.79 Å². The van der Waals surface area contributed by atoms with Gasteiger partial charge in [0.05, 0.1) is 12.1 Å². The third-order valence-electron chi connectivity index (χ3n) is 5.00. The second kappa shape index (κ2) is 4.72. The van der Waals surface area contributed by atoms with E-state index in [-0.39, 0.29) is 5.91 Å². The van der Waals surface area contributed by atoms with Gasteiger partial charge in [0.25, 0.3) is 0 Å². The number of hydrogen-bond acceptors (Lipinski definition) is 3. The van der Waals surface area contributed by atoms with E-state index >= 15 is 0 Å². The Balaban J connectivity index is 1.35. The van der Waals surface area contributed by atoms with Crippen LogP contribution in [-0.4, -0.2) is 17.6 Å². The summed E-state index contributed by atoms with van der Waals surface area (Å²) in [5.74, 6) is 0.611. The number of nitrogens with one attached hydrogen (secondary N) is 1. The molecule has 4 heteroatoms. The molecule has 1 aromatic heterocycles. The van der Waals surface area contributed by atoms with E-state index in [4.69, 9.17) is 4.52 Å². The number of carbonyl (C=O) groups excluding carboxylic acids is 1. The SMILES string of the molecule is O=C(Cc1ccon1)NC[C@@H]1C[C@]12CCc1ccccc12. The molecule has 0 bridgehead atoms. The molecule has 1 saturated carbocycles. The fourth-order valence-electron chi connectivity index (χ4n) is 3.79. The lowest BCUT2D eigenvalue weighted by Crippen LogP contribution is -2.29. The summed E-state index contributed by atoms with van der Waals surface area (Å²) in [6, 6.07) is 10.5. The Morgan fingerprint density at radius 2 is 2.29 bits per heavy atom. The van der Waals surface area contributed by atoms with Crippen molar-refractivity contribution in [3.05, 3.63) is 53.4 Å². The van der Waals surface area contributed by atoms with Crippen LogP contribution in [-0.2, 0) is 23.1 Å². The van der Waals surface area contributed by atoms with Crippen molar-refractivity contribution in [2.45, 2.75) is 31.1 Å². The lowest BCUT2D eigenvalue weighted by atomic mass is 9.95. The number of fused-ring (bicyclic) bond motifs is 2. The Bertz CT molecular complexity index is 665. The first-order valence-electron chi connectivity index (χ1n) is 7.52. The first-order valence-corrected chi connectivity index (χ1v) is 7.52. The van der Waals surface area contributed by atoms with Gasteiger partial charge in [-0.1, -0.05) is 29.4 Å². The van der Waals surface area contributed by atoms with Crippen molar-refractivity contribution < 1.29 is 9.32 Å². The summed E-state index contributed by atoms with van der Waals surface area (Å²) in [6.07, 6.45) is 5.41. The predicted octanol–water partition coefficient (Wildman–Crippen LogP) is 2.24. The first-order chi connectivity index (χ1) is 10.3. The molecule has 1 N–H and O–H groups in total. The molecule has 2 atom stereocenters. The summed E-state index contributed by atoms with van der Waals surface area (Å²) >= 11 is 0. The van der Waals surface area contributed by atoms with Crippen LogP contribution < -0.4 is 5.32 Å². The van der Waals surface area contributed by atoms with Gasteiger partial charge in [-0.2, -0.15) is 0 Å². The van der Waals surface area contributed by atoms with Crippen molar-refractivity contribution in [2.75, 3.05) is 6.54 Å². The van der Waals surface area contributed by atoms with E-state index in [0.29, 0.717) is 23.4 Å². The Morgan fingerprint density at radius 3 is 3.14 bits per heavy atom. The fourth-order valence-corrected chi connectivity index (χ4v) is 3.79. The van der Waals surface area contributed by atoms with Crippen molar-refractivity contribution >= 4 is 5.91 Å². The maximum atomic E-state index is 11.9. The largest absolute Gasteiger partial charge is 0.364 e. The molecule has 4 rings (SSSR count). The molecule has 0 unspecified atom stereocenters. The van der Waals surface area contributed by atoms with E-state index in [9.17, 15) is 4.79 Å². The molecule has 1 spiro atoms. The number of benzene rings is 1. The third-order valence-corrected chi connectivity index (χ3v) is 5.00. The highest BCUT2D eigenvalue weighted by molar-refractivity contribution is 5.78. The van der Waals surface area contributed by atoms with E-state index in [1.165, 1.54) is 36.7 Å². The minimum absolute atomic E-state index is 0.0252. The zero-order chi connectivity index (χ0) is 14.3. The smallest absolute Gasteiger partial charge is 0.226 e. The number of aromatic nitrogens is 1. The fraction of sp³-hybridized carbons (Fsp3) is 0.412. The molecule has 2 aliphatic rings. The maximum absolute atomic E-state index is 11.9. The molecule has 4 nitrogen and oxygen atoms in total. The van der Waals surface area contributed by atoms with Crippen molar-refractivity contribution in [1.29, 1.82) is 0 Å². The molecule has 108 valence electrons. The van der Waals surface area contributed by atoms with Crippen molar-refractivity contribution in [3.8, 4) is 0 Å². The molecule has 0 radical (unpaired) electrons. The van der Waals surface area contributed by atoms with Crippen LogP contribution in [0.15, 0.2) is 41.1 Å². The first kappa shape index (κ1) is 12.6. The highest BCUT2D eigenvalue weighted by Gasteiger charge is 2.57. The second-order valence-corrected chi connectivity index (χ2v) is 6.19. The van der Waals surface area contributed by atoms with Gasteiger partial charge >= 0.3 is 0 Å². The summed E-state index contributed by atoms with van der Waals surface area (Å²) in [7, 11) is 0. The molecule has 2 aromatic rings. The van der Waals surface area contributed by atoms with Crippen LogP contribution in [0, 0.1) is 5.92 Å². The molecule has 0 aliphatic heterocycles. The third kappa shape index (κ3) is 2.15. The molecule has 21 heavy (non-hydrogen) atoms. The maximum Gasteiger partial charge on any atom is 0.226 e. The van der Waals surface area contributed by atoms with Gasteiger partial charge in [0.15, 0.2) is 0 Å². The minimum atomic E-state index is 0.0252. The number of nitrogens with zero attached hydrogens (tertiary/aromatic N) is 1. The molecule has 1 heterocycles. The summed E-state index contributed by atoms with van der Waals surface area (Å²) in [5, 5.41) is 6.81. The number of carbonyl (C=O) groups is 1. The number of amides is 1. The van der Waals surface area contributed by atoms with Gasteiger partial charge in [0, 0.05) is 18.0 Å². The van der Waals surface area contributed by atoms with Crippen molar-refractivity contribution in [1.82, 2.24) is 10.5 Å². The summed E-state index contributed by atoms with van der Waals surface area (Å²) in [4.78, 5) is 11.9. The zero-order valence-corrected chi connectivity index (χ0v) is 11.8. The molecular weight excluding hydrogens is 264 g/mol. The Morgan fingerprint density at radius 1 is 1.38 bits per heavy atom. The molecule has 1 amide bonds. The Labute approximate surface area is 123 Å². The minimum Gasteiger partial charge on any atom is -0.364 e. The van der Waals surface area contributed by atoms with Gasteiger partial charge in [-0.15, -0.1) is 0 Å². The van der Waals surface area contributed by atoms with E-state index in [1.54, 1.807) is 6.07 Å². The van der Waals surface area contributed by atoms with Gasteiger partial charge in [0.1, 0.15) is 6.26 Å². The molecule has 1 fully saturated rings. The van der Waals surface area contributed by atoms with E-state index < -0.39 is 0 Å². The highest BCUT2D eigenvalue weighted by atomic mass is 16.5. The second-order valence-electron chi connectivity index (χ2n) is 6.19. The molecule has 1 aromatic carbocycles. The normalized spacial score (nSPS) is 25.8. The standard InChI is InChI=1S/C17H18N2O2/c20-16(9-14-6-8-21-19-14)18-11-13-10-17(13)7-5-12-3-1-2-4-15(12)17/h1-4,6,8,13H,5,7,9-11H2,(H,18,20)/t13-,17+/m0/s1. The lowest BCUT2D eigenvalue weighted by Gasteiger charge is -2.12. The van der Waals surface area contributed by atoms with Crippen LogP contribution in [0.3, 0.4) is 0 Å². The predicted molar refractivity (Wildman–Crippen MR) is 77.8 cm³/mol. The van der Waals surface area contributed by atoms with Crippen LogP contribution >= 0.6 is 0 Å². The monoisotopic (exact) mass is 282 g/mol. The number of rotatable bonds is 4. The zero-order valence-electron chi connectivity index (χ0n) is 11.8. The average molecular weight is 282 g/mol. The summed E-state index contributed by atoms with van der Waals surface area (Å²) < 4.78 is 4.74. The van der Waals surface area contributed by atoms with Gasteiger partial charge in [-0.25, -0.2) is 0 Å². The highest BCUT2D eigenvalue weighted by Crippen LogP contribution is 2.61. The quantitative estimate of drug-likeness (QED) is 0.935. The van der Waals surface area contributed by atoms with Crippen LogP contribution in [0.5, 0.6) is 0 Å². The summed E-state index contributed by atoms with van der Waals surface area (Å²) in [5.41, 5.74) is 4.04. The molecule has 2 aliphatic carbocycles. The Hall–Kier alpha value is -2.10. The van der Waals surface area contributed by atoms with Crippen LogP contribution in [0.1, 0.15) is 29.7 Å². The number of hydrogen-bond donors (Lipinski definition) is 1. The molecular formula is C17H18N2O2. The van der Waals surface area contributed by atoms with Crippen LogP contribution in [0.25, 0.3) is 0 Å². The average Bonchev–Trinajstić information content (AvgIpc) is 2.83. The van der Waals surface area contributed by atoms with E-state index in [1.807, 2.05) is 0 Å². The lowest BCUT2D eigenvalue weighted by molar-refractivity contribution is -0.120. The van der Waals surface area contributed by atoms with E-state index in [0.717, 1.165) is 6.54 Å². The van der Waals surface area contributed by atoms with Crippen LogP contribution in [0.2, 0.25) is 0 Å². The molecule has 0 saturated heterocycles. The van der Waals surface area contributed by atoms with Crippen molar-refractivity contribution in [2.24, 2.45) is 5.92 Å². The topological polar surface area (TPSA) is 55.1 Å². The van der Waals surface area contributed by atoms with Crippen molar-refractivity contribution in [3.63, 3.8) is 0 Å². The van der Waals surface area contributed by atoms with Gasteiger partial charge in [-0.05, 0) is 36.3 Å². The van der Waals surface area contributed by atoms with Gasteiger partial charge < -0.3 is 9.84 Å². The van der Waals surface area contributed by atoms with Gasteiger partial charge in [0.2, 0.25) is 5.91 Å². The van der Waals surface area contributed by atoms with Crippen LogP contribution in [0.4, 0.5) is 0 Å². The Kier molecular flexibility index (Phi) is 2.84. The summed E-state index contributed by atoms with van der Waals surface area (Å²) in [6.45, 7) is 0.769. The number of aryl methyl sites for hydroxylation is 1.